The summed E-state index contributed by atoms with van der Waals surface area (Å²) in [6, 6.07) is 0. The second kappa shape index (κ2) is 9.01. The van der Waals surface area contributed by atoms with Crippen molar-refractivity contribution in [2.75, 3.05) is 13.2 Å². The highest BCUT2D eigenvalue weighted by molar-refractivity contribution is 4.88. The van der Waals surface area contributed by atoms with E-state index in [0.29, 0.717) is 0 Å². The molecule has 2 N–H and O–H groups in total. The summed E-state index contributed by atoms with van der Waals surface area (Å²) < 4.78 is 0. The maximum absolute atomic E-state index is 8.71. The van der Waals surface area contributed by atoms with Gasteiger partial charge in [0, 0.05) is 13.2 Å². The maximum Gasteiger partial charge on any atom is 0.0436 e. The molecule has 0 saturated heterocycles. The predicted octanol–water partition coefficient (Wildman–Crippen LogP) is 1.72. The molecule has 0 spiro atoms. The fraction of sp³-hybridized carbons (Fsp3) is 0.800. The molecule has 12 heavy (non-hydrogen) atoms. The second-order valence-electron chi connectivity index (χ2n) is 3.01. The molecule has 0 heterocycles. The highest BCUT2D eigenvalue weighted by atomic mass is 16.3. The summed E-state index contributed by atoms with van der Waals surface area (Å²) in [6.45, 7) is 4.18. The number of rotatable bonds is 8. The van der Waals surface area contributed by atoms with Crippen LogP contribution in [0.1, 0.15) is 38.5 Å². The largest absolute Gasteiger partial charge is 0.396 e. The third-order valence-corrected chi connectivity index (χ3v) is 1.96. The number of hydrogen-bond acceptors (Lipinski definition) is 2. The van der Waals surface area contributed by atoms with Crippen LogP contribution in [0.5, 0.6) is 0 Å². The highest BCUT2D eigenvalue weighted by Gasteiger charge is 2.06. The SMILES string of the molecule is [CH2]CCCC[C](CCO)CCO. The van der Waals surface area contributed by atoms with Crippen LogP contribution in [-0.2, 0) is 0 Å². The van der Waals surface area contributed by atoms with Crippen LogP contribution in [0.25, 0.3) is 0 Å². The molecule has 72 valence electrons. The van der Waals surface area contributed by atoms with Gasteiger partial charge in [0.05, 0.1) is 0 Å². The lowest BCUT2D eigenvalue weighted by molar-refractivity contribution is 0.262. The molecule has 0 aliphatic rings. The van der Waals surface area contributed by atoms with Gasteiger partial charge in [0.1, 0.15) is 0 Å². The van der Waals surface area contributed by atoms with Crippen LogP contribution < -0.4 is 0 Å². The van der Waals surface area contributed by atoms with E-state index in [-0.39, 0.29) is 13.2 Å². The zero-order valence-corrected chi connectivity index (χ0v) is 7.76. The molecule has 2 radical (unpaired) electrons. The van der Waals surface area contributed by atoms with E-state index in [1.54, 1.807) is 0 Å². The molecule has 0 aliphatic carbocycles. The molecule has 0 amide bonds. The van der Waals surface area contributed by atoms with Crippen molar-refractivity contribution in [1.29, 1.82) is 0 Å². The van der Waals surface area contributed by atoms with Gasteiger partial charge in [-0.25, -0.2) is 0 Å². The normalized spacial score (nSPS) is 11.0. The molecular weight excluding hydrogens is 152 g/mol. The molecule has 0 aromatic rings. The Labute approximate surface area is 75.6 Å². The van der Waals surface area contributed by atoms with E-state index in [0.717, 1.165) is 38.5 Å². The lowest BCUT2D eigenvalue weighted by atomic mass is 9.95. The van der Waals surface area contributed by atoms with Crippen molar-refractivity contribution >= 4 is 0 Å². The molecule has 0 aromatic carbocycles. The Balaban J connectivity index is 3.34. The third-order valence-electron chi connectivity index (χ3n) is 1.96. The molecule has 0 aliphatic heterocycles. The number of hydrogen-bond donors (Lipinski definition) is 2. The summed E-state index contributed by atoms with van der Waals surface area (Å²) in [5, 5.41) is 17.4. The summed E-state index contributed by atoms with van der Waals surface area (Å²) >= 11 is 0. The zero-order valence-electron chi connectivity index (χ0n) is 7.76. The van der Waals surface area contributed by atoms with Crippen LogP contribution in [0.15, 0.2) is 0 Å². The number of unbranched alkanes of at least 4 members (excludes halogenated alkanes) is 2. The average Bonchev–Trinajstić information content (AvgIpc) is 2.06. The highest BCUT2D eigenvalue weighted by Crippen LogP contribution is 2.18. The first-order valence-corrected chi connectivity index (χ1v) is 4.69. The fourth-order valence-electron chi connectivity index (χ4n) is 1.24. The van der Waals surface area contributed by atoms with Crippen LogP contribution in [0.2, 0.25) is 0 Å². The van der Waals surface area contributed by atoms with Gasteiger partial charge in [0.2, 0.25) is 0 Å². The molecule has 0 aromatic heterocycles. The van der Waals surface area contributed by atoms with Crippen LogP contribution in [0, 0.1) is 12.8 Å². The van der Waals surface area contributed by atoms with Crippen LogP contribution in [0.4, 0.5) is 0 Å². The van der Waals surface area contributed by atoms with Gasteiger partial charge in [-0.3, -0.25) is 0 Å². The van der Waals surface area contributed by atoms with Gasteiger partial charge in [0.25, 0.3) is 0 Å². The second-order valence-corrected chi connectivity index (χ2v) is 3.01. The van der Waals surface area contributed by atoms with Crippen LogP contribution in [-0.4, -0.2) is 23.4 Å². The van der Waals surface area contributed by atoms with Gasteiger partial charge < -0.3 is 10.2 Å². The van der Waals surface area contributed by atoms with Crippen molar-refractivity contribution in [3.63, 3.8) is 0 Å². The quantitative estimate of drug-likeness (QED) is 0.547. The summed E-state index contributed by atoms with van der Waals surface area (Å²) in [5.74, 6) is 1.29. The number of aliphatic hydroxyl groups excluding tert-OH is 2. The Morgan fingerprint density at radius 1 is 0.917 bits per heavy atom. The molecule has 2 nitrogen and oxygen atoms in total. The van der Waals surface area contributed by atoms with E-state index in [4.69, 9.17) is 10.2 Å². The van der Waals surface area contributed by atoms with Crippen molar-refractivity contribution in [3.8, 4) is 0 Å². The Morgan fingerprint density at radius 2 is 1.50 bits per heavy atom. The molecule has 0 bridgehead atoms. The minimum absolute atomic E-state index is 0.208. The van der Waals surface area contributed by atoms with Gasteiger partial charge in [0.15, 0.2) is 0 Å². The molecule has 0 rings (SSSR count). The smallest absolute Gasteiger partial charge is 0.0436 e. The van der Waals surface area contributed by atoms with Gasteiger partial charge >= 0.3 is 0 Å². The minimum Gasteiger partial charge on any atom is -0.396 e. The van der Waals surface area contributed by atoms with E-state index >= 15 is 0 Å². The first kappa shape index (κ1) is 11.9. The molecule has 0 saturated carbocycles. The summed E-state index contributed by atoms with van der Waals surface area (Å²) in [7, 11) is 0. The zero-order chi connectivity index (χ0) is 9.23. The predicted molar refractivity (Wildman–Crippen MR) is 50.5 cm³/mol. The van der Waals surface area contributed by atoms with Crippen molar-refractivity contribution in [2.24, 2.45) is 0 Å². The first-order chi connectivity index (χ1) is 5.85. The van der Waals surface area contributed by atoms with Crippen molar-refractivity contribution in [2.45, 2.75) is 38.5 Å². The van der Waals surface area contributed by atoms with Gasteiger partial charge in [-0.1, -0.05) is 26.2 Å². The Morgan fingerprint density at radius 3 is 1.92 bits per heavy atom. The Hall–Kier alpha value is -0.0800. The fourth-order valence-corrected chi connectivity index (χ4v) is 1.24. The van der Waals surface area contributed by atoms with Gasteiger partial charge in [-0.2, -0.15) is 0 Å². The molecular formula is C10H20O2. The first-order valence-electron chi connectivity index (χ1n) is 4.69. The monoisotopic (exact) mass is 172 g/mol. The van der Waals surface area contributed by atoms with Crippen LogP contribution in [0.3, 0.4) is 0 Å². The van der Waals surface area contributed by atoms with Crippen molar-refractivity contribution in [3.05, 3.63) is 12.8 Å². The van der Waals surface area contributed by atoms with Crippen molar-refractivity contribution < 1.29 is 10.2 Å². The van der Waals surface area contributed by atoms with E-state index in [9.17, 15) is 0 Å². The summed E-state index contributed by atoms with van der Waals surface area (Å²) in [6.07, 6.45) is 5.79. The maximum atomic E-state index is 8.71. The van der Waals surface area contributed by atoms with Gasteiger partial charge in [-0.15, -0.1) is 0 Å². The minimum atomic E-state index is 0.208. The molecule has 0 fully saturated rings. The van der Waals surface area contributed by atoms with E-state index in [1.807, 2.05) is 0 Å². The van der Waals surface area contributed by atoms with E-state index < -0.39 is 0 Å². The summed E-state index contributed by atoms with van der Waals surface area (Å²) in [4.78, 5) is 0. The third kappa shape index (κ3) is 6.62. The lowest BCUT2D eigenvalue weighted by Gasteiger charge is -2.12. The Kier molecular flexibility index (Phi) is 8.95. The van der Waals surface area contributed by atoms with E-state index in [2.05, 4.69) is 6.92 Å². The molecule has 0 unspecified atom stereocenters. The van der Waals surface area contributed by atoms with Crippen molar-refractivity contribution in [1.82, 2.24) is 0 Å². The topological polar surface area (TPSA) is 40.5 Å². The van der Waals surface area contributed by atoms with E-state index in [1.165, 1.54) is 5.92 Å². The average molecular weight is 172 g/mol. The molecule has 0 atom stereocenters. The standard InChI is InChI=1S/C10H20O2/c1-2-3-4-5-10(6-8-11)7-9-12/h11-12H,1-9H2. The number of aliphatic hydroxyl groups is 2. The lowest BCUT2D eigenvalue weighted by Crippen LogP contribution is -2.03. The summed E-state index contributed by atoms with van der Waals surface area (Å²) in [5.41, 5.74) is 0. The Bertz CT molecular complexity index is 77.9. The van der Waals surface area contributed by atoms with Gasteiger partial charge in [-0.05, 0) is 25.2 Å². The van der Waals surface area contributed by atoms with Crippen LogP contribution >= 0.6 is 0 Å². The molecule has 2 heteroatoms.